The maximum absolute atomic E-state index is 12.3. The maximum Gasteiger partial charge on any atom is 0.309 e. The molecule has 3 nitrogen and oxygen atoms in total. The quantitative estimate of drug-likeness (QED) is 0.623. The van der Waals surface area contributed by atoms with Crippen molar-refractivity contribution < 1.29 is 15.0 Å². The first-order valence-electron chi connectivity index (χ1n) is 12.2. The van der Waals surface area contributed by atoms with Gasteiger partial charge in [-0.05, 0) is 111 Å². The molecule has 0 radical (unpaired) electrons. The lowest BCUT2D eigenvalue weighted by atomic mass is 9.37. The molecule has 10 atom stereocenters. The van der Waals surface area contributed by atoms with Gasteiger partial charge in [-0.3, -0.25) is 4.79 Å². The molecule has 0 amide bonds. The molecular weight excluding hydrogens is 348 g/mol. The van der Waals surface area contributed by atoms with Crippen LogP contribution in [0, 0.1) is 51.8 Å². The van der Waals surface area contributed by atoms with Gasteiger partial charge in [0.15, 0.2) is 0 Å². The number of fused-ring (bicyclic) bond motifs is 7. The van der Waals surface area contributed by atoms with E-state index in [1.807, 2.05) is 0 Å². The standard InChI is InChI=1S/C25H40O3/c1-15-17-8-12-24(3)18-9-14-25(22(27)28)11-4-5-19(25)16(18)6-7-21(24)23(17,2)13-10-20(15)26/h15-21,26H,4-14H2,1-3H3,(H,27,28)/t15-,16?,17?,18?,19?,20?,21?,23+,24+,25+/m1/s1. The van der Waals surface area contributed by atoms with Crippen molar-refractivity contribution in [2.75, 3.05) is 0 Å². The molecule has 0 aliphatic heterocycles. The van der Waals surface area contributed by atoms with Crippen LogP contribution in [0.25, 0.3) is 0 Å². The van der Waals surface area contributed by atoms with Crippen molar-refractivity contribution in [3.63, 3.8) is 0 Å². The monoisotopic (exact) mass is 388 g/mol. The van der Waals surface area contributed by atoms with Gasteiger partial charge in [-0.2, -0.15) is 0 Å². The second-order valence-corrected chi connectivity index (χ2v) is 12.0. The second kappa shape index (κ2) is 6.22. The number of rotatable bonds is 1. The van der Waals surface area contributed by atoms with Gasteiger partial charge in [0.05, 0.1) is 11.5 Å². The minimum atomic E-state index is -0.494. The van der Waals surface area contributed by atoms with Crippen LogP contribution in [0.15, 0.2) is 0 Å². The van der Waals surface area contributed by atoms with Crippen LogP contribution in [0.5, 0.6) is 0 Å². The topological polar surface area (TPSA) is 57.5 Å². The Morgan fingerprint density at radius 2 is 1.50 bits per heavy atom. The van der Waals surface area contributed by atoms with E-state index in [1.54, 1.807) is 0 Å². The minimum Gasteiger partial charge on any atom is -0.481 e. The maximum atomic E-state index is 12.3. The number of aliphatic hydroxyl groups is 1. The number of carboxylic acid groups (broad SMARTS) is 1. The van der Waals surface area contributed by atoms with E-state index < -0.39 is 11.4 Å². The smallest absolute Gasteiger partial charge is 0.309 e. The molecule has 5 saturated carbocycles. The van der Waals surface area contributed by atoms with E-state index in [0.29, 0.717) is 34.5 Å². The van der Waals surface area contributed by atoms with Crippen molar-refractivity contribution in [3.05, 3.63) is 0 Å². The normalized spacial score (nSPS) is 58.2. The lowest BCUT2D eigenvalue weighted by molar-refractivity contribution is -0.199. The molecule has 158 valence electrons. The number of hydrogen-bond donors (Lipinski definition) is 2. The molecular formula is C25H40O3. The van der Waals surface area contributed by atoms with E-state index >= 15 is 0 Å². The molecule has 5 aliphatic carbocycles. The van der Waals surface area contributed by atoms with Gasteiger partial charge in [0.1, 0.15) is 0 Å². The number of hydrogen-bond acceptors (Lipinski definition) is 2. The van der Waals surface area contributed by atoms with Gasteiger partial charge in [0.2, 0.25) is 0 Å². The third kappa shape index (κ3) is 2.29. The first kappa shape index (κ1) is 19.4. The fourth-order valence-corrected chi connectivity index (χ4v) is 10.2. The summed E-state index contributed by atoms with van der Waals surface area (Å²) in [6, 6.07) is 0. The number of aliphatic carboxylic acids is 1. The number of carbonyl (C=O) groups is 1. The Morgan fingerprint density at radius 1 is 0.821 bits per heavy atom. The Labute approximate surface area is 170 Å². The summed E-state index contributed by atoms with van der Waals surface area (Å²) < 4.78 is 0. The first-order chi connectivity index (χ1) is 13.2. The van der Waals surface area contributed by atoms with E-state index in [4.69, 9.17) is 0 Å². The van der Waals surface area contributed by atoms with E-state index in [-0.39, 0.29) is 6.10 Å². The first-order valence-corrected chi connectivity index (χ1v) is 12.2. The van der Waals surface area contributed by atoms with Crippen molar-refractivity contribution in [1.29, 1.82) is 0 Å². The molecule has 6 unspecified atom stereocenters. The molecule has 5 aliphatic rings. The molecule has 0 aromatic heterocycles. The summed E-state index contributed by atoms with van der Waals surface area (Å²) in [4.78, 5) is 12.3. The van der Waals surface area contributed by atoms with Crippen molar-refractivity contribution in [1.82, 2.24) is 0 Å². The van der Waals surface area contributed by atoms with Crippen molar-refractivity contribution in [2.45, 2.75) is 97.5 Å². The molecule has 5 fully saturated rings. The highest BCUT2D eigenvalue weighted by atomic mass is 16.4. The van der Waals surface area contributed by atoms with Gasteiger partial charge in [0, 0.05) is 0 Å². The average molecular weight is 389 g/mol. The molecule has 0 aromatic carbocycles. The third-order valence-electron chi connectivity index (χ3n) is 11.5. The van der Waals surface area contributed by atoms with Crippen LogP contribution < -0.4 is 0 Å². The van der Waals surface area contributed by atoms with Gasteiger partial charge in [-0.25, -0.2) is 0 Å². The largest absolute Gasteiger partial charge is 0.481 e. The lowest BCUT2D eigenvalue weighted by Crippen LogP contribution is -2.61. The van der Waals surface area contributed by atoms with Crippen LogP contribution in [-0.4, -0.2) is 22.3 Å². The number of carboxylic acids is 1. The molecule has 0 aromatic rings. The Kier molecular flexibility index (Phi) is 4.31. The second-order valence-electron chi connectivity index (χ2n) is 12.0. The Morgan fingerprint density at radius 3 is 2.25 bits per heavy atom. The van der Waals surface area contributed by atoms with Crippen LogP contribution in [0.1, 0.15) is 91.4 Å². The summed E-state index contributed by atoms with van der Waals surface area (Å²) in [5, 5.41) is 20.6. The van der Waals surface area contributed by atoms with Crippen molar-refractivity contribution in [2.24, 2.45) is 51.8 Å². The van der Waals surface area contributed by atoms with E-state index in [0.717, 1.165) is 50.4 Å². The Bertz CT molecular complexity index is 660. The Balaban J connectivity index is 1.47. The van der Waals surface area contributed by atoms with Gasteiger partial charge in [0.25, 0.3) is 0 Å². The minimum absolute atomic E-state index is 0.108. The molecule has 0 spiro atoms. The van der Waals surface area contributed by atoms with Crippen molar-refractivity contribution in [3.8, 4) is 0 Å². The van der Waals surface area contributed by atoms with Gasteiger partial charge < -0.3 is 10.2 Å². The molecule has 2 N–H and O–H groups in total. The predicted octanol–water partition coefficient (Wildman–Crippen LogP) is 5.51. The van der Waals surface area contributed by atoms with Crippen LogP contribution in [0.2, 0.25) is 0 Å². The summed E-state index contributed by atoms with van der Waals surface area (Å²) >= 11 is 0. The lowest BCUT2D eigenvalue weighted by Gasteiger charge is -2.67. The summed E-state index contributed by atoms with van der Waals surface area (Å²) in [7, 11) is 0. The zero-order valence-corrected chi connectivity index (χ0v) is 18.1. The zero-order chi connectivity index (χ0) is 19.9. The molecule has 0 bridgehead atoms. The van der Waals surface area contributed by atoms with Gasteiger partial charge in [-0.15, -0.1) is 0 Å². The van der Waals surface area contributed by atoms with Crippen LogP contribution >= 0.6 is 0 Å². The van der Waals surface area contributed by atoms with Gasteiger partial charge in [-0.1, -0.05) is 27.2 Å². The van der Waals surface area contributed by atoms with E-state index in [9.17, 15) is 15.0 Å². The molecule has 28 heavy (non-hydrogen) atoms. The highest BCUT2D eigenvalue weighted by molar-refractivity contribution is 5.75. The molecule has 3 heteroatoms. The van der Waals surface area contributed by atoms with Crippen LogP contribution in [0.3, 0.4) is 0 Å². The van der Waals surface area contributed by atoms with E-state index in [1.165, 1.54) is 32.1 Å². The average Bonchev–Trinajstić information content (AvgIpc) is 3.11. The molecule has 5 rings (SSSR count). The van der Waals surface area contributed by atoms with Crippen molar-refractivity contribution >= 4 is 5.97 Å². The Hall–Kier alpha value is -0.570. The van der Waals surface area contributed by atoms with Crippen LogP contribution in [0.4, 0.5) is 0 Å². The summed E-state index contributed by atoms with van der Waals surface area (Å²) in [5.41, 5.74) is 0.353. The number of aliphatic hydroxyl groups excluding tert-OH is 1. The van der Waals surface area contributed by atoms with Gasteiger partial charge >= 0.3 is 5.97 Å². The SMILES string of the molecule is C[C@H]1C(O)CC[C@@]2(C)C1CC[C@@]1(C)C3CC[C@@]4(C(=O)O)CCCC4C3CCC12. The van der Waals surface area contributed by atoms with E-state index in [2.05, 4.69) is 20.8 Å². The molecule has 0 saturated heterocycles. The predicted molar refractivity (Wildman–Crippen MR) is 110 cm³/mol. The highest BCUT2D eigenvalue weighted by Gasteiger charge is 2.65. The molecule has 0 heterocycles. The third-order valence-corrected chi connectivity index (χ3v) is 11.5. The highest BCUT2D eigenvalue weighted by Crippen LogP contribution is 2.71. The fraction of sp³-hybridized carbons (Fsp3) is 0.960. The zero-order valence-electron chi connectivity index (χ0n) is 18.1. The summed E-state index contributed by atoms with van der Waals surface area (Å²) in [6.07, 6.45) is 12.4. The summed E-state index contributed by atoms with van der Waals surface area (Å²) in [6.45, 7) is 7.44. The van der Waals surface area contributed by atoms with Crippen LogP contribution in [-0.2, 0) is 4.79 Å². The fourth-order valence-electron chi connectivity index (χ4n) is 10.2. The summed E-state index contributed by atoms with van der Waals surface area (Å²) in [5.74, 6) is 3.15.